The molecule has 0 saturated heterocycles. The Kier molecular flexibility index (Phi) is 5.68. The number of thiazole rings is 1. The Bertz CT molecular complexity index is 1080. The normalized spacial score (nSPS) is 11.9. The van der Waals surface area contributed by atoms with E-state index >= 15 is 0 Å². The number of nitrogens with zero attached hydrogens (tertiary/aromatic N) is 2. The van der Waals surface area contributed by atoms with Crippen LogP contribution in [0, 0.1) is 13.8 Å². The summed E-state index contributed by atoms with van der Waals surface area (Å²) >= 11 is 1.49. The Morgan fingerprint density at radius 1 is 1.07 bits per heavy atom. The van der Waals surface area contributed by atoms with Crippen LogP contribution in [0.3, 0.4) is 0 Å². The Balaban J connectivity index is 2.08. The van der Waals surface area contributed by atoms with Crippen LogP contribution in [-0.4, -0.2) is 30.0 Å². The SMILES string of the molecule is COCCn1c(=NC(=O)c2ccc(C(C)=O)cc2)sc2cc(C)c(C)cc21. The first-order valence-electron chi connectivity index (χ1n) is 8.70. The average Bonchev–Trinajstić information content (AvgIpc) is 2.96. The number of Topliss-reactive ketones (excluding diaryl/α,β-unsaturated/α-hetero) is 1. The van der Waals surface area contributed by atoms with E-state index in [-0.39, 0.29) is 11.7 Å². The number of fused-ring (bicyclic) bond motifs is 1. The van der Waals surface area contributed by atoms with Crippen LogP contribution in [0.25, 0.3) is 10.2 Å². The molecule has 6 heteroatoms. The predicted octanol–water partition coefficient (Wildman–Crippen LogP) is 3.91. The van der Waals surface area contributed by atoms with E-state index in [2.05, 4.69) is 31.0 Å². The van der Waals surface area contributed by atoms with E-state index in [1.165, 1.54) is 29.4 Å². The molecule has 0 radical (unpaired) electrons. The van der Waals surface area contributed by atoms with Crippen LogP contribution in [0.2, 0.25) is 0 Å². The third-order valence-electron chi connectivity index (χ3n) is 4.55. The van der Waals surface area contributed by atoms with Gasteiger partial charge in [0.05, 0.1) is 16.8 Å². The van der Waals surface area contributed by atoms with E-state index in [0.29, 0.717) is 29.1 Å². The number of hydrogen-bond acceptors (Lipinski definition) is 4. The molecule has 3 rings (SSSR count). The molecule has 1 aromatic heterocycles. The molecular formula is C21H22N2O3S. The van der Waals surface area contributed by atoms with Crippen molar-refractivity contribution in [3.63, 3.8) is 0 Å². The second-order valence-corrected chi connectivity index (χ2v) is 7.49. The number of ketones is 1. The van der Waals surface area contributed by atoms with Crippen molar-refractivity contribution >= 4 is 33.2 Å². The molecule has 5 nitrogen and oxygen atoms in total. The van der Waals surface area contributed by atoms with Gasteiger partial charge in [0.25, 0.3) is 5.91 Å². The quantitative estimate of drug-likeness (QED) is 0.629. The fourth-order valence-electron chi connectivity index (χ4n) is 2.80. The van der Waals surface area contributed by atoms with E-state index in [0.717, 1.165) is 10.2 Å². The molecule has 0 unspecified atom stereocenters. The van der Waals surface area contributed by atoms with Crippen molar-refractivity contribution in [2.24, 2.45) is 4.99 Å². The molecule has 0 atom stereocenters. The molecule has 2 aromatic carbocycles. The summed E-state index contributed by atoms with van der Waals surface area (Å²) in [5.41, 5.74) is 4.50. The molecule has 1 amide bonds. The first-order chi connectivity index (χ1) is 12.9. The second-order valence-electron chi connectivity index (χ2n) is 6.48. The number of carbonyl (C=O) groups excluding carboxylic acids is 2. The van der Waals surface area contributed by atoms with Crippen LogP contribution in [0.5, 0.6) is 0 Å². The molecule has 0 aliphatic carbocycles. The van der Waals surface area contributed by atoms with Gasteiger partial charge in [0.2, 0.25) is 0 Å². The number of benzene rings is 2. The van der Waals surface area contributed by atoms with Gasteiger partial charge >= 0.3 is 0 Å². The number of methoxy groups -OCH3 is 1. The lowest BCUT2D eigenvalue weighted by atomic mass is 10.1. The molecule has 0 saturated carbocycles. The van der Waals surface area contributed by atoms with Gasteiger partial charge in [0.1, 0.15) is 0 Å². The van der Waals surface area contributed by atoms with Gasteiger partial charge in [0, 0.05) is 24.8 Å². The van der Waals surface area contributed by atoms with Crippen LogP contribution in [0.1, 0.15) is 38.8 Å². The van der Waals surface area contributed by atoms with Gasteiger partial charge in [-0.2, -0.15) is 4.99 Å². The first kappa shape index (κ1) is 19.2. The first-order valence-corrected chi connectivity index (χ1v) is 9.52. The fraction of sp³-hybridized carbons (Fsp3) is 0.286. The highest BCUT2D eigenvalue weighted by Crippen LogP contribution is 2.22. The molecule has 0 spiro atoms. The highest BCUT2D eigenvalue weighted by atomic mass is 32.1. The summed E-state index contributed by atoms with van der Waals surface area (Å²) in [5.74, 6) is -0.352. The highest BCUT2D eigenvalue weighted by molar-refractivity contribution is 7.16. The maximum atomic E-state index is 12.6. The van der Waals surface area contributed by atoms with Crippen LogP contribution >= 0.6 is 11.3 Å². The minimum absolute atomic E-state index is 0.0291. The summed E-state index contributed by atoms with van der Waals surface area (Å²) < 4.78 is 8.34. The number of ether oxygens (including phenoxy) is 1. The summed E-state index contributed by atoms with van der Waals surface area (Å²) in [6, 6.07) is 10.8. The summed E-state index contributed by atoms with van der Waals surface area (Å²) in [7, 11) is 1.66. The maximum absolute atomic E-state index is 12.6. The smallest absolute Gasteiger partial charge is 0.279 e. The molecule has 0 N–H and O–H groups in total. The number of rotatable bonds is 5. The van der Waals surface area contributed by atoms with E-state index in [4.69, 9.17) is 4.74 Å². The lowest BCUT2D eigenvalue weighted by molar-refractivity contribution is 0.0991. The van der Waals surface area contributed by atoms with Gasteiger partial charge in [-0.05, 0) is 56.2 Å². The van der Waals surface area contributed by atoms with Gasteiger partial charge in [-0.1, -0.05) is 23.5 Å². The number of aryl methyl sites for hydroxylation is 2. The predicted molar refractivity (Wildman–Crippen MR) is 108 cm³/mol. The number of hydrogen-bond donors (Lipinski definition) is 0. The third-order valence-corrected chi connectivity index (χ3v) is 5.59. The van der Waals surface area contributed by atoms with Gasteiger partial charge in [0.15, 0.2) is 10.6 Å². The molecule has 0 bridgehead atoms. The molecular weight excluding hydrogens is 360 g/mol. The number of aromatic nitrogens is 1. The lowest BCUT2D eigenvalue weighted by Crippen LogP contribution is -2.19. The van der Waals surface area contributed by atoms with E-state index in [9.17, 15) is 9.59 Å². The molecule has 3 aromatic rings. The van der Waals surface area contributed by atoms with Crippen molar-refractivity contribution in [2.45, 2.75) is 27.3 Å². The largest absolute Gasteiger partial charge is 0.383 e. The van der Waals surface area contributed by atoms with Crippen molar-refractivity contribution < 1.29 is 14.3 Å². The van der Waals surface area contributed by atoms with Gasteiger partial charge in [-0.15, -0.1) is 0 Å². The molecule has 27 heavy (non-hydrogen) atoms. The van der Waals surface area contributed by atoms with Crippen molar-refractivity contribution in [1.82, 2.24) is 4.57 Å². The second kappa shape index (κ2) is 7.98. The molecule has 1 heterocycles. The summed E-state index contributed by atoms with van der Waals surface area (Å²) in [4.78, 5) is 29.0. The summed E-state index contributed by atoms with van der Waals surface area (Å²) in [5, 5.41) is 0. The van der Waals surface area contributed by atoms with E-state index in [1.807, 2.05) is 4.57 Å². The Morgan fingerprint density at radius 3 is 2.33 bits per heavy atom. The monoisotopic (exact) mass is 382 g/mol. The topological polar surface area (TPSA) is 60.7 Å². The van der Waals surface area contributed by atoms with Crippen LogP contribution in [0.4, 0.5) is 0 Å². The Morgan fingerprint density at radius 2 is 1.70 bits per heavy atom. The van der Waals surface area contributed by atoms with Crippen LogP contribution < -0.4 is 4.80 Å². The average molecular weight is 382 g/mol. The zero-order valence-electron chi connectivity index (χ0n) is 15.9. The van der Waals surface area contributed by atoms with Crippen molar-refractivity contribution in [3.05, 3.63) is 63.5 Å². The van der Waals surface area contributed by atoms with Gasteiger partial charge in [-0.25, -0.2) is 0 Å². The molecule has 0 fully saturated rings. The van der Waals surface area contributed by atoms with Crippen LogP contribution in [0.15, 0.2) is 41.4 Å². The van der Waals surface area contributed by atoms with Crippen molar-refractivity contribution in [2.75, 3.05) is 13.7 Å². The van der Waals surface area contributed by atoms with Gasteiger partial charge < -0.3 is 9.30 Å². The Labute approximate surface area is 161 Å². The molecule has 140 valence electrons. The minimum Gasteiger partial charge on any atom is -0.383 e. The summed E-state index contributed by atoms with van der Waals surface area (Å²) in [6.45, 7) is 6.81. The zero-order chi connectivity index (χ0) is 19.6. The van der Waals surface area contributed by atoms with Crippen LogP contribution in [-0.2, 0) is 11.3 Å². The molecule has 0 aliphatic rings. The molecule has 0 aliphatic heterocycles. The van der Waals surface area contributed by atoms with Gasteiger partial charge in [-0.3, -0.25) is 9.59 Å². The van der Waals surface area contributed by atoms with Crippen molar-refractivity contribution in [1.29, 1.82) is 0 Å². The van der Waals surface area contributed by atoms with E-state index < -0.39 is 0 Å². The lowest BCUT2D eigenvalue weighted by Gasteiger charge is -2.06. The minimum atomic E-state index is -0.323. The Hall–Kier alpha value is -2.57. The number of amides is 1. The third kappa shape index (κ3) is 4.07. The number of carbonyl (C=O) groups is 2. The maximum Gasteiger partial charge on any atom is 0.279 e. The zero-order valence-corrected chi connectivity index (χ0v) is 16.7. The highest BCUT2D eigenvalue weighted by Gasteiger charge is 2.11. The fourth-order valence-corrected chi connectivity index (χ4v) is 3.94. The van der Waals surface area contributed by atoms with E-state index in [1.54, 1.807) is 31.4 Å². The van der Waals surface area contributed by atoms with Crippen molar-refractivity contribution in [3.8, 4) is 0 Å². The standard InChI is InChI=1S/C21H22N2O3S/c1-13-11-18-19(12-14(13)2)27-21(23(18)9-10-26-4)22-20(25)17-7-5-16(6-8-17)15(3)24/h5-8,11-12H,9-10H2,1-4H3. The summed E-state index contributed by atoms with van der Waals surface area (Å²) in [6.07, 6.45) is 0.